The first-order valence-corrected chi connectivity index (χ1v) is 8.17. The van der Waals surface area contributed by atoms with E-state index in [-0.39, 0.29) is 23.8 Å². The Hall–Kier alpha value is -1.36. The topological polar surface area (TPSA) is 67.2 Å². The first kappa shape index (κ1) is 18.7. The molecule has 0 aliphatic rings. The molecule has 0 aliphatic carbocycles. The van der Waals surface area contributed by atoms with Gasteiger partial charge >= 0.3 is 0 Å². The molecule has 1 heterocycles. The maximum Gasteiger partial charge on any atom is 0.223 e. The number of nitrogens with one attached hydrogen (secondary N) is 1. The summed E-state index contributed by atoms with van der Waals surface area (Å²) in [6.07, 6.45) is 2.41. The minimum atomic E-state index is -0.199. The number of aryl methyl sites for hydroxylation is 2. The van der Waals surface area contributed by atoms with Gasteiger partial charge < -0.3 is 10.4 Å². The van der Waals surface area contributed by atoms with Gasteiger partial charge in [-0.3, -0.25) is 9.48 Å². The van der Waals surface area contributed by atoms with E-state index in [4.69, 9.17) is 0 Å². The van der Waals surface area contributed by atoms with E-state index in [1.165, 1.54) is 0 Å². The van der Waals surface area contributed by atoms with Crippen LogP contribution in [0.4, 0.5) is 0 Å². The van der Waals surface area contributed by atoms with Gasteiger partial charge in [0.2, 0.25) is 5.91 Å². The fourth-order valence-corrected chi connectivity index (χ4v) is 2.74. The highest BCUT2D eigenvalue weighted by atomic mass is 16.3. The second-order valence-corrected chi connectivity index (χ2v) is 6.46. The molecule has 1 rings (SSSR count). The molecule has 0 aromatic carbocycles. The third-order valence-electron chi connectivity index (χ3n) is 5.09. The van der Waals surface area contributed by atoms with Crippen LogP contribution in [0.15, 0.2) is 0 Å². The average Bonchev–Trinajstić information content (AvgIpc) is 2.75. The van der Waals surface area contributed by atoms with Gasteiger partial charge in [0.15, 0.2) is 0 Å². The summed E-state index contributed by atoms with van der Waals surface area (Å²) in [5, 5.41) is 17.0. The van der Waals surface area contributed by atoms with E-state index in [1.54, 1.807) is 0 Å². The molecule has 0 aliphatic heterocycles. The molecule has 0 spiro atoms. The first-order chi connectivity index (χ1) is 10.3. The van der Waals surface area contributed by atoms with Crippen molar-refractivity contribution < 1.29 is 9.90 Å². The zero-order valence-corrected chi connectivity index (χ0v) is 14.9. The summed E-state index contributed by atoms with van der Waals surface area (Å²) in [5.74, 6) is -0.0610. The van der Waals surface area contributed by atoms with Crippen LogP contribution >= 0.6 is 0 Å². The Bertz CT molecular complexity index is 496. The third kappa shape index (κ3) is 4.09. The van der Waals surface area contributed by atoms with Crippen molar-refractivity contribution in [3.63, 3.8) is 0 Å². The van der Waals surface area contributed by atoms with Crippen molar-refractivity contribution in [2.24, 2.45) is 18.4 Å². The molecule has 5 heteroatoms. The van der Waals surface area contributed by atoms with Crippen molar-refractivity contribution in [1.82, 2.24) is 15.1 Å². The molecule has 0 bridgehead atoms. The number of amides is 1. The van der Waals surface area contributed by atoms with Gasteiger partial charge in [0, 0.05) is 30.6 Å². The molecule has 22 heavy (non-hydrogen) atoms. The lowest BCUT2D eigenvalue weighted by Gasteiger charge is -2.30. The maximum absolute atomic E-state index is 12.4. The minimum Gasteiger partial charge on any atom is -0.396 e. The van der Waals surface area contributed by atoms with Crippen LogP contribution in [0.25, 0.3) is 0 Å². The number of aliphatic hydroxyl groups excluding tert-OH is 1. The summed E-state index contributed by atoms with van der Waals surface area (Å²) in [4.78, 5) is 12.4. The fraction of sp³-hybridized carbons (Fsp3) is 0.765. The molecule has 1 amide bonds. The van der Waals surface area contributed by atoms with Crippen molar-refractivity contribution in [1.29, 1.82) is 0 Å². The Labute approximate surface area is 134 Å². The van der Waals surface area contributed by atoms with Crippen LogP contribution in [0, 0.1) is 25.2 Å². The van der Waals surface area contributed by atoms with Crippen molar-refractivity contribution in [3.05, 3.63) is 17.0 Å². The molecule has 1 aromatic heterocycles. The maximum atomic E-state index is 12.4. The van der Waals surface area contributed by atoms with Crippen molar-refractivity contribution in [2.45, 2.75) is 53.9 Å². The first-order valence-electron chi connectivity index (χ1n) is 8.17. The smallest absolute Gasteiger partial charge is 0.223 e. The molecule has 0 saturated carbocycles. The van der Waals surface area contributed by atoms with Gasteiger partial charge in [-0.15, -0.1) is 0 Å². The number of hydrogen-bond acceptors (Lipinski definition) is 3. The van der Waals surface area contributed by atoms with Crippen LogP contribution in [0.1, 0.15) is 50.6 Å². The highest BCUT2D eigenvalue weighted by molar-refractivity contribution is 5.78. The summed E-state index contributed by atoms with van der Waals surface area (Å²) < 4.78 is 1.86. The third-order valence-corrected chi connectivity index (χ3v) is 5.09. The summed E-state index contributed by atoms with van der Waals surface area (Å²) in [5.41, 5.74) is 3.06. The number of hydrogen-bond donors (Lipinski definition) is 2. The summed E-state index contributed by atoms with van der Waals surface area (Å²) in [6.45, 7) is 10.7. The van der Waals surface area contributed by atoms with Crippen molar-refractivity contribution >= 4 is 5.91 Å². The summed E-state index contributed by atoms with van der Waals surface area (Å²) >= 11 is 0. The molecule has 1 aromatic rings. The van der Waals surface area contributed by atoms with E-state index in [2.05, 4.69) is 24.3 Å². The van der Waals surface area contributed by atoms with Crippen LogP contribution in [0.2, 0.25) is 0 Å². The van der Waals surface area contributed by atoms with Crippen LogP contribution in [0.3, 0.4) is 0 Å². The molecule has 2 N–H and O–H groups in total. The molecule has 0 fully saturated rings. The molecule has 0 saturated heterocycles. The molecule has 5 nitrogen and oxygen atoms in total. The van der Waals surface area contributed by atoms with E-state index in [0.717, 1.165) is 29.8 Å². The van der Waals surface area contributed by atoms with Crippen molar-refractivity contribution in [2.75, 3.05) is 13.2 Å². The predicted octanol–water partition coefficient (Wildman–Crippen LogP) is 2.13. The number of aliphatic hydroxyl groups is 1. The van der Waals surface area contributed by atoms with Crippen LogP contribution in [0.5, 0.6) is 0 Å². The normalized spacial score (nSPS) is 13.2. The minimum absolute atomic E-state index is 0.0439. The Kier molecular flexibility index (Phi) is 6.60. The fourth-order valence-electron chi connectivity index (χ4n) is 2.74. The zero-order chi connectivity index (χ0) is 16.9. The Balaban J connectivity index is 2.66. The summed E-state index contributed by atoms with van der Waals surface area (Å²) in [7, 11) is 1.93. The molecular weight excluding hydrogens is 278 g/mol. The van der Waals surface area contributed by atoms with Gasteiger partial charge in [-0.05, 0) is 38.7 Å². The molecule has 126 valence electrons. The number of nitrogens with zero attached hydrogens (tertiary/aromatic N) is 2. The van der Waals surface area contributed by atoms with Crippen molar-refractivity contribution in [3.8, 4) is 0 Å². The lowest BCUT2D eigenvalue weighted by molar-refractivity contribution is -0.125. The van der Waals surface area contributed by atoms with E-state index in [0.29, 0.717) is 13.0 Å². The van der Waals surface area contributed by atoms with Gasteiger partial charge in [0.25, 0.3) is 0 Å². The Morgan fingerprint density at radius 3 is 2.36 bits per heavy atom. The van der Waals surface area contributed by atoms with Crippen LogP contribution in [-0.2, 0) is 18.3 Å². The SMILES string of the molecule is CCC(CC)(CO)CNC(=O)C(C)Cc1c(C)nn(C)c1C. The molecule has 1 atom stereocenters. The van der Waals surface area contributed by atoms with Crippen LogP contribution < -0.4 is 5.32 Å². The number of carbonyl (C=O) groups excluding carboxylic acids is 1. The standard InChI is InChI=1S/C17H31N3O2/c1-7-17(8-2,11-21)10-18-16(22)12(3)9-15-13(4)19-20(6)14(15)5/h12,21H,7-11H2,1-6H3,(H,18,22). The number of rotatable bonds is 8. The second-order valence-electron chi connectivity index (χ2n) is 6.46. The van der Waals surface area contributed by atoms with E-state index in [9.17, 15) is 9.90 Å². The van der Waals surface area contributed by atoms with E-state index >= 15 is 0 Å². The average molecular weight is 309 g/mol. The van der Waals surface area contributed by atoms with Crippen LogP contribution in [-0.4, -0.2) is 33.9 Å². The number of aromatic nitrogens is 2. The molecule has 1 unspecified atom stereocenters. The quantitative estimate of drug-likeness (QED) is 0.773. The molecular formula is C17H31N3O2. The highest BCUT2D eigenvalue weighted by Crippen LogP contribution is 2.24. The van der Waals surface area contributed by atoms with Gasteiger partial charge in [-0.1, -0.05) is 20.8 Å². The van der Waals surface area contributed by atoms with Gasteiger partial charge in [-0.25, -0.2) is 0 Å². The highest BCUT2D eigenvalue weighted by Gasteiger charge is 2.27. The lowest BCUT2D eigenvalue weighted by Crippen LogP contribution is -2.41. The summed E-state index contributed by atoms with van der Waals surface area (Å²) in [6, 6.07) is 0. The monoisotopic (exact) mass is 309 g/mol. The Morgan fingerprint density at radius 2 is 1.95 bits per heavy atom. The van der Waals surface area contributed by atoms with E-state index < -0.39 is 0 Å². The molecule has 0 radical (unpaired) electrons. The van der Waals surface area contributed by atoms with Gasteiger partial charge in [0.1, 0.15) is 0 Å². The lowest BCUT2D eigenvalue weighted by atomic mass is 9.83. The second kappa shape index (κ2) is 7.77. The largest absolute Gasteiger partial charge is 0.396 e. The van der Waals surface area contributed by atoms with E-state index in [1.807, 2.05) is 32.5 Å². The predicted molar refractivity (Wildman–Crippen MR) is 88.7 cm³/mol. The number of carbonyl (C=O) groups is 1. The zero-order valence-electron chi connectivity index (χ0n) is 14.9. The Morgan fingerprint density at radius 1 is 1.36 bits per heavy atom. The van der Waals surface area contributed by atoms with Gasteiger partial charge in [0.05, 0.1) is 12.3 Å². The van der Waals surface area contributed by atoms with Gasteiger partial charge in [-0.2, -0.15) is 5.10 Å².